The second-order valence-corrected chi connectivity index (χ2v) is 8.54. The number of ether oxygens (including phenoxy) is 2. The molecule has 1 aliphatic rings. The van der Waals surface area contributed by atoms with Crippen LogP contribution < -0.4 is 20.3 Å². The number of carbonyl (C=O) groups excluding carboxylic acids is 2. The summed E-state index contributed by atoms with van der Waals surface area (Å²) in [5.74, 6) is 0.437. The molecule has 2 aromatic rings. The Morgan fingerprint density at radius 2 is 1.90 bits per heavy atom. The number of rotatable bonds is 7. The van der Waals surface area contributed by atoms with Gasteiger partial charge in [-0.3, -0.25) is 20.4 Å². The summed E-state index contributed by atoms with van der Waals surface area (Å²) < 4.78 is 10.9. The second-order valence-electron chi connectivity index (χ2n) is 7.41. The van der Waals surface area contributed by atoms with Gasteiger partial charge in [0.25, 0.3) is 5.91 Å². The van der Waals surface area contributed by atoms with Crippen molar-refractivity contribution < 1.29 is 19.1 Å². The van der Waals surface area contributed by atoms with Crippen molar-refractivity contribution in [3.63, 3.8) is 0 Å². The summed E-state index contributed by atoms with van der Waals surface area (Å²) in [6, 6.07) is 8.92. The molecule has 1 heterocycles. The summed E-state index contributed by atoms with van der Waals surface area (Å²) in [5, 5.41) is 8.93. The molecule has 2 amide bonds. The average molecular weight is 442 g/mol. The molecule has 1 aliphatic carbocycles. The van der Waals surface area contributed by atoms with Gasteiger partial charge in [-0.1, -0.05) is 12.8 Å². The Kier molecular flexibility index (Phi) is 8.30. The van der Waals surface area contributed by atoms with Crippen molar-refractivity contribution in [2.75, 3.05) is 13.7 Å². The molecule has 8 heteroatoms. The number of hydrazine groups is 1. The molecular weight excluding hydrogens is 414 g/mol. The van der Waals surface area contributed by atoms with Gasteiger partial charge in [0.2, 0.25) is 5.91 Å². The van der Waals surface area contributed by atoms with Crippen LogP contribution in [0.4, 0.5) is 0 Å². The molecule has 0 spiro atoms. The first-order valence-electron chi connectivity index (χ1n) is 10.5. The zero-order valence-corrected chi connectivity index (χ0v) is 18.5. The van der Waals surface area contributed by atoms with Crippen LogP contribution in [0.3, 0.4) is 0 Å². The van der Waals surface area contributed by atoms with Crippen LogP contribution >= 0.6 is 11.3 Å². The van der Waals surface area contributed by atoms with Crippen molar-refractivity contribution in [1.29, 1.82) is 5.26 Å². The zero-order valence-electron chi connectivity index (χ0n) is 17.7. The van der Waals surface area contributed by atoms with Gasteiger partial charge in [0.1, 0.15) is 0 Å². The molecule has 1 aromatic heterocycles. The number of hydrogen-bond donors (Lipinski definition) is 2. The van der Waals surface area contributed by atoms with E-state index >= 15 is 0 Å². The summed E-state index contributed by atoms with van der Waals surface area (Å²) in [7, 11) is 1.51. The first kappa shape index (κ1) is 22.6. The number of benzene rings is 1. The van der Waals surface area contributed by atoms with Crippen LogP contribution in [0.25, 0.3) is 0 Å². The molecule has 0 fully saturated rings. The minimum absolute atomic E-state index is 0.208. The van der Waals surface area contributed by atoms with Crippen LogP contribution in [-0.2, 0) is 17.6 Å². The molecule has 0 radical (unpaired) electrons. The smallest absolute Gasteiger partial charge is 0.279 e. The molecule has 1 aromatic carbocycles. The van der Waals surface area contributed by atoms with E-state index in [4.69, 9.17) is 14.7 Å². The molecule has 3 rings (SSSR count). The topological polar surface area (TPSA) is 100 Å². The summed E-state index contributed by atoms with van der Waals surface area (Å²) in [4.78, 5) is 26.4. The summed E-state index contributed by atoms with van der Waals surface area (Å²) in [6.07, 6.45) is 7.56. The van der Waals surface area contributed by atoms with Crippen LogP contribution in [0, 0.1) is 11.3 Å². The molecule has 0 saturated carbocycles. The summed E-state index contributed by atoms with van der Waals surface area (Å²) >= 11 is 1.53. The number of aryl methyl sites for hydroxylation is 2. The minimum atomic E-state index is -0.279. The highest BCUT2D eigenvalue weighted by molar-refractivity contribution is 7.14. The van der Waals surface area contributed by atoms with Crippen LogP contribution in [0.15, 0.2) is 24.3 Å². The van der Waals surface area contributed by atoms with Crippen molar-refractivity contribution in [3.8, 4) is 17.6 Å². The lowest BCUT2D eigenvalue weighted by molar-refractivity contribution is -0.122. The van der Waals surface area contributed by atoms with Gasteiger partial charge in [-0.25, -0.2) is 0 Å². The van der Waals surface area contributed by atoms with Crippen molar-refractivity contribution in [2.45, 2.75) is 51.4 Å². The number of thiophene rings is 1. The maximum Gasteiger partial charge on any atom is 0.279 e. The molecule has 2 N–H and O–H groups in total. The second kappa shape index (κ2) is 11.4. The molecule has 0 aliphatic heterocycles. The molecule has 164 valence electrons. The van der Waals surface area contributed by atoms with Crippen molar-refractivity contribution in [1.82, 2.24) is 10.9 Å². The first-order chi connectivity index (χ1) is 15.1. The number of nitrogens with one attached hydrogen (secondary N) is 2. The molecule has 0 bridgehead atoms. The van der Waals surface area contributed by atoms with Crippen molar-refractivity contribution in [3.05, 3.63) is 45.1 Å². The summed E-state index contributed by atoms with van der Waals surface area (Å²) in [5.41, 5.74) is 6.74. The number of carbonyl (C=O) groups is 2. The Morgan fingerprint density at radius 3 is 2.68 bits per heavy atom. The Morgan fingerprint density at radius 1 is 1.10 bits per heavy atom. The van der Waals surface area contributed by atoms with E-state index in [0.29, 0.717) is 35.0 Å². The third-order valence-electron chi connectivity index (χ3n) is 5.13. The number of hydrogen-bond acceptors (Lipinski definition) is 6. The highest BCUT2D eigenvalue weighted by Gasteiger charge is 2.16. The maximum absolute atomic E-state index is 12.4. The maximum atomic E-state index is 12.4. The monoisotopic (exact) mass is 441 g/mol. The van der Waals surface area contributed by atoms with E-state index in [0.717, 1.165) is 19.3 Å². The molecule has 0 unspecified atom stereocenters. The standard InChI is InChI=1S/C23H27N3O4S/c1-29-19-13-16(15-24)10-11-18(19)30-12-6-9-22(27)25-26-23(28)21-14-17-7-4-2-3-5-8-20(17)31-21/h10-11,13-14H,2-9,12H2,1H3,(H,25,27)(H,26,28). The van der Waals surface area contributed by atoms with E-state index in [1.54, 1.807) is 18.2 Å². The SMILES string of the molecule is COc1cc(C#N)ccc1OCCCC(=O)NNC(=O)c1cc2c(s1)CCCCCC2. The zero-order chi connectivity index (χ0) is 22.1. The predicted molar refractivity (Wildman–Crippen MR) is 118 cm³/mol. The normalized spacial score (nSPS) is 13.2. The third kappa shape index (κ3) is 6.46. The number of amides is 2. The number of nitrogens with zero attached hydrogens (tertiary/aromatic N) is 1. The highest BCUT2D eigenvalue weighted by atomic mass is 32.1. The van der Waals surface area contributed by atoms with Gasteiger partial charge < -0.3 is 9.47 Å². The summed E-state index contributed by atoms with van der Waals surface area (Å²) in [6.45, 7) is 0.307. The van der Waals surface area contributed by atoms with E-state index in [9.17, 15) is 9.59 Å². The lowest BCUT2D eigenvalue weighted by Gasteiger charge is -2.11. The van der Waals surface area contributed by atoms with Crippen LogP contribution in [0.2, 0.25) is 0 Å². The van der Waals surface area contributed by atoms with E-state index in [2.05, 4.69) is 10.9 Å². The van der Waals surface area contributed by atoms with Crippen LogP contribution in [0.1, 0.15) is 64.2 Å². The van der Waals surface area contributed by atoms with Gasteiger partial charge in [-0.2, -0.15) is 5.26 Å². The molecule has 7 nitrogen and oxygen atoms in total. The fraction of sp³-hybridized carbons (Fsp3) is 0.435. The van der Waals surface area contributed by atoms with Crippen LogP contribution in [0.5, 0.6) is 11.5 Å². The molecule has 0 atom stereocenters. The Hall–Kier alpha value is -3.05. The van der Waals surface area contributed by atoms with Gasteiger partial charge in [0.15, 0.2) is 11.5 Å². The van der Waals surface area contributed by atoms with Crippen molar-refractivity contribution >= 4 is 23.2 Å². The van der Waals surface area contributed by atoms with E-state index in [1.165, 1.54) is 48.1 Å². The van der Waals surface area contributed by atoms with E-state index in [1.807, 2.05) is 12.1 Å². The minimum Gasteiger partial charge on any atom is -0.493 e. The van der Waals surface area contributed by atoms with Gasteiger partial charge in [0.05, 0.1) is 30.2 Å². The van der Waals surface area contributed by atoms with Gasteiger partial charge in [-0.05, 0) is 55.9 Å². The molecule has 0 saturated heterocycles. The quantitative estimate of drug-likeness (QED) is 0.501. The predicted octanol–water partition coefficient (Wildman–Crippen LogP) is 3.91. The third-order valence-corrected chi connectivity index (χ3v) is 6.37. The van der Waals surface area contributed by atoms with Gasteiger partial charge in [-0.15, -0.1) is 11.3 Å². The van der Waals surface area contributed by atoms with E-state index < -0.39 is 0 Å². The Bertz CT molecular complexity index is 939. The number of nitriles is 1. The number of fused-ring (bicyclic) bond motifs is 1. The fourth-order valence-electron chi connectivity index (χ4n) is 3.48. The molecule has 31 heavy (non-hydrogen) atoms. The Labute approximate surface area is 186 Å². The van der Waals surface area contributed by atoms with Crippen molar-refractivity contribution in [2.24, 2.45) is 0 Å². The van der Waals surface area contributed by atoms with Gasteiger partial charge >= 0.3 is 0 Å². The molecular formula is C23H27N3O4S. The first-order valence-corrected chi connectivity index (χ1v) is 11.3. The van der Waals surface area contributed by atoms with Gasteiger partial charge in [0, 0.05) is 17.4 Å². The fourth-order valence-corrected chi connectivity index (χ4v) is 4.63. The Balaban J connectivity index is 1.40. The highest BCUT2D eigenvalue weighted by Crippen LogP contribution is 2.29. The lowest BCUT2D eigenvalue weighted by Crippen LogP contribution is -2.41. The number of methoxy groups -OCH3 is 1. The largest absolute Gasteiger partial charge is 0.493 e. The van der Waals surface area contributed by atoms with Crippen LogP contribution in [-0.4, -0.2) is 25.5 Å². The van der Waals surface area contributed by atoms with E-state index in [-0.39, 0.29) is 18.2 Å². The average Bonchev–Trinajstić information content (AvgIpc) is 3.16. The lowest BCUT2D eigenvalue weighted by atomic mass is 10.00.